The van der Waals surface area contributed by atoms with Crippen molar-refractivity contribution in [2.45, 2.75) is 17.7 Å². The molecule has 2 N–H and O–H groups in total. The van der Waals surface area contributed by atoms with E-state index < -0.39 is 11.3 Å². The van der Waals surface area contributed by atoms with Gasteiger partial charge >= 0.3 is 0 Å². The summed E-state index contributed by atoms with van der Waals surface area (Å²) < 4.78 is 24.2. The van der Waals surface area contributed by atoms with E-state index in [1.165, 1.54) is 32.0 Å². The van der Waals surface area contributed by atoms with Crippen molar-refractivity contribution in [2.75, 3.05) is 25.3 Å². The van der Waals surface area contributed by atoms with Crippen LogP contribution in [0.3, 0.4) is 0 Å². The molecule has 1 aliphatic heterocycles. The monoisotopic (exact) mass is 404 g/mol. The van der Waals surface area contributed by atoms with Gasteiger partial charge in [-0.1, -0.05) is 18.2 Å². The maximum absolute atomic E-state index is 13.8. The molecule has 0 unspecified atom stereocenters. The number of methoxy groups -OCH3 is 2. The normalized spacial score (nSPS) is 18.9. The number of hydrogen-bond donors (Lipinski definition) is 2. The lowest BCUT2D eigenvalue weighted by Crippen LogP contribution is -2.52. The van der Waals surface area contributed by atoms with Gasteiger partial charge in [-0.2, -0.15) is 0 Å². The highest BCUT2D eigenvalue weighted by molar-refractivity contribution is 8.00. The third-order valence-corrected chi connectivity index (χ3v) is 5.71. The molecule has 1 saturated heterocycles. The Morgan fingerprint density at radius 3 is 2.64 bits per heavy atom. The molecule has 1 heterocycles. The van der Waals surface area contributed by atoms with Crippen molar-refractivity contribution < 1.29 is 23.5 Å². The van der Waals surface area contributed by atoms with Crippen molar-refractivity contribution in [3.8, 4) is 11.5 Å². The predicted molar refractivity (Wildman–Crippen MR) is 106 cm³/mol. The highest BCUT2D eigenvalue weighted by Gasteiger charge is 2.32. The Morgan fingerprint density at radius 1 is 1.21 bits per heavy atom. The lowest BCUT2D eigenvalue weighted by atomic mass is 10.1. The molecule has 148 valence electrons. The third-order valence-electron chi connectivity index (χ3n) is 4.40. The second-order valence-corrected chi connectivity index (χ2v) is 7.47. The van der Waals surface area contributed by atoms with Gasteiger partial charge in [0.2, 0.25) is 11.8 Å². The van der Waals surface area contributed by atoms with Crippen LogP contribution in [0.25, 0.3) is 0 Å². The molecule has 0 radical (unpaired) electrons. The smallest absolute Gasteiger partial charge is 0.247 e. The Morgan fingerprint density at radius 2 is 1.96 bits per heavy atom. The molecule has 28 heavy (non-hydrogen) atoms. The summed E-state index contributed by atoms with van der Waals surface area (Å²) >= 11 is 1.35. The molecule has 2 atom stereocenters. The van der Waals surface area contributed by atoms with E-state index in [2.05, 4.69) is 10.6 Å². The van der Waals surface area contributed by atoms with Gasteiger partial charge in [-0.15, -0.1) is 11.8 Å². The summed E-state index contributed by atoms with van der Waals surface area (Å²) in [7, 11) is 3.04. The van der Waals surface area contributed by atoms with E-state index in [9.17, 15) is 14.0 Å². The molecule has 3 rings (SSSR count). The molecular weight excluding hydrogens is 383 g/mol. The van der Waals surface area contributed by atoms with Gasteiger partial charge in [0.1, 0.15) is 11.9 Å². The number of carbonyl (C=O) groups excluding carboxylic acids is 2. The average Bonchev–Trinajstić information content (AvgIpc) is 2.70. The van der Waals surface area contributed by atoms with Gasteiger partial charge in [-0.25, -0.2) is 4.39 Å². The topological polar surface area (TPSA) is 76.7 Å². The second kappa shape index (κ2) is 8.97. The second-order valence-electron chi connectivity index (χ2n) is 6.24. The molecule has 2 aromatic rings. The fourth-order valence-corrected chi connectivity index (χ4v) is 4.07. The number of anilines is 1. The van der Waals surface area contributed by atoms with Crippen LogP contribution < -0.4 is 20.1 Å². The van der Waals surface area contributed by atoms with Crippen LogP contribution in [0.15, 0.2) is 42.5 Å². The maximum Gasteiger partial charge on any atom is 0.247 e. The summed E-state index contributed by atoms with van der Waals surface area (Å²) in [5.41, 5.74) is 1.03. The zero-order valence-corrected chi connectivity index (χ0v) is 16.3. The molecule has 1 aliphatic rings. The first-order valence-corrected chi connectivity index (χ1v) is 9.75. The first kappa shape index (κ1) is 20.0. The summed E-state index contributed by atoms with van der Waals surface area (Å²) in [6, 6.07) is 10.8. The van der Waals surface area contributed by atoms with E-state index in [1.807, 2.05) is 0 Å². The third kappa shape index (κ3) is 4.56. The van der Waals surface area contributed by atoms with Crippen LogP contribution in [0.4, 0.5) is 10.1 Å². The fourth-order valence-electron chi connectivity index (χ4n) is 2.89. The molecule has 0 aliphatic carbocycles. The Kier molecular flexibility index (Phi) is 6.41. The number of thioether (sulfide) groups is 1. The lowest BCUT2D eigenvalue weighted by molar-refractivity contribution is -0.126. The largest absolute Gasteiger partial charge is 0.493 e. The predicted octanol–water partition coefficient (Wildman–Crippen LogP) is 2.62. The van der Waals surface area contributed by atoms with Crippen molar-refractivity contribution in [3.63, 3.8) is 0 Å². The van der Waals surface area contributed by atoms with Crippen molar-refractivity contribution in [3.05, 3.63) is 53.8 Å². The Bertz CT molecular complexity index is 877. The molecule has 0 aromatic heterocycles. The molecule has 8 heteroatoms. The quantitative estimate of drug-likeness (QED) is 0.774. The molecule has 0 spiro atoms. The zero-order chi connectivity index (χ0) is 20.1. The lowest BCUT2D eigenvalue weighted by Gasteiger charge is -2.28. The zero-order valence-electron chi connectivity index (χ0n) is 15.5. The Balaban J connectivity index is 1.60. The van der Waals surface area contributed by atoms with Crippen LogP contribution >= 0.6 is 11.8 Å². The van der Waals surface area contributed by atoms with Crippen LogP contribution in [-0.4, -0.2) is 43.1 Å². The molecule has 0 saturated carbocycles. The van der Waals surface area contributed by atoms with Crippen molar-refractivity contribution >= 4 is 29.3 Å². The van der Waals surface area contributed by atoms with Crippen molar-refractivity contribution in [1.29, 1.82) is 0 Å². The first-order valence-electron chi connectivity index (χ1n) is 8.70. The van der Waals surface area contributed by atoms with E-state index in [-0.39, 0.29) is 24.1 Å². The molecule has 0 bridgehead atoms. The number of amides is 2. The van der Waals surface area contributed by atoms with E-state index in [4.69, 9.17) is 9.47 Å². The number of carbonyl (C=O) groups is 2. The minimum atomic E-state index is -0.664. The first-order chi connectivity index (χ1) is 13.5. The minimum absolute atomic E-state index is 0.271. The van der Waals surface area contributed by atoms with E-state index in [0.29, 0.717) is 28.5 Å². The van der Waals surface area contributed by atoms with Crippen LogP contribution in [0, 0.1) is 5.82 Å². The number of ether oxygens (including phenoxy) is 2. The Labute approximate surface area is 166 Å². The number of nitrogens with one attached hydrogen (secondary N) is 2. The van der Waals surface area contributed by atoms with Gasteiger partial charge in [0.25, 0.3) is 0 Å². The van der Waals surface area contributed by atoms with Crippen LogP contribution in [0.2, 0.25) is 0 Å². The summed E-state index contributed by atoms with van der Waals surface area (Å²) in [5.74, 6) is 0.531. The number of benzene rings is 2. The van der Waals surface area contributed by atoms with E-state index in [1.54, 1.807) is 36.4 Å². The Hall–Kier alpha value is -2.74. The number of hydrogen-bond acceptors (Lipinski definition) is 5. The standard InChI is InChI=1S/C20H21FN2O4S/c1-26-16-8-7-13(10-17(16)27-2)22-19(24)15-11-28-18(20(25)23-15)9-12-5-3-4-6-14(12)21/h3-8,10,15,18H,9,11H2,1-2H3,(H,22,24)(H,23,25)/t15-,18+/m1/s1. The van der Waals surface area contributed by atoms with Gasteiger partial charge in [-0.3, -0.25) is 9.59 Å². The minimum Gasteiger partial charge on any atom is -0.493 e. The number of rotatable bonds is 6. The van der Waals surface area contributed by atoms with Crippen LogP contribution in [-0.2, 0) is 16.0 Å². The highest BCUT2D eigenvalue weighted by atomic mass is 32.2. The highest BCUT2D eigenvalue weighted by Crippen LogP contribution is 2.30. The SMILES string of the molecule is COc1ccc(NC(=O)[C@H]2CS[C@@H](Cc3ccccc3F)C(=O)N2)cc1OC. The van der Waals surface area contributed by atoms with E-state index >= 15 is 0 Å². The molecule has 1 fully saturated rings. The van der Waals surface area contributed by atoms with Crippen LogP contribution in [0.1, 0.15) is 5.56 Å². The van der Waals surface area contributed by atoms with E-state index in [0.717, 1.165) is 0 Å². The summed E-state index contributed by atoms with van der Waals surface area (Å²) in [4.78, 5) is 24.9. The van der Waals surface area contributed by atoms with Gasteiger partial charge in [0, 0.05) is 17.5 Å². The van der Waals surface area contributed by atoms with Gasteiger partial charge in [0.15, 0.2) is 11.5 Å². The molecule has 6 nitrogen and oxygen atoms in total. The summed E-state index contributed by atoms with van der Waals surface area (Å²) in [6.45, 7) is 0. The molecule has 2 amide bonds. The number of halogens is 1. The van der Waals surface area contributed by atoms with Gasteiger partial charge < -0.3 is 20.1 Å². The molecular formula is C20H21FN2O4S. The van der Waals surface area contributed by atoms with Crippen LogP contribution in [0.5, 0.6) is 11.5 Å². The fraction of sp³-hybridized carbons (Fsp3) is 0.300. The maximum atomic E-state index is 13.8. The summed E-state index contributed by atoms with van der Waals surface area (Å²) in [6.07, 6.45) is 0.285. The van der Waals surface area contributed by atoms with Crippen molar-refractivity contribution in [2.24, 2.45) is 0 Å². The molecule has 2 aromatic carbocycles. The average molecular weight is 404 g/mol. The van der Waals surface area contributed by atoms with Gasteiger partial charge in [-0.05, 0) is 30.2 Å². The summed E-state index contributed by atoms with van der Waals surface area (Å²) in [5, 5.41) is 5.07. The van der Waals surface area contributed by atoms with Crippen molar-refractivity contribution in [1.82, 2.24) is 5.32 Å². The van der Waals surface area contributed by atoms with Gasteiger partial charge in [0.05, 0.1) is 19.5 Å².